The van der Waals surface area contributed by atoms with E-state index in [0.29, 0.717) is 22.5 Å². The molecule has 0 aliphatic rings. The normalized spacial score (nSPS) is 12.8. The number of carbonyl (C=O) groups is 1. The van der Waals surface area contributed by atoms with Crippen molar-refractivity contribution in [3.05, 3.63) is 71.4 Å². The third-order valence-corrected chi connectivity index (χ3v) is 14.1. The number of aromatic nitrogens is 1. The number of para-hydroxylation sites is 1. The van der Waals surface area contributed by atoms with Crippen molar-refractivity contribution in [1.82, 2.24) is 4.98 Å². The van der Waals surface area contributed by atoms with Crippen LogP contribution in [0, 0.1) is 17.4 Å². The van der Waals surface area contributed by atoms with Crippen molar-refractivity contribution in [1.29, 1.82) is 0 Å². The first kappa shape index (κ1) is 28.7. The van der Waals surface area contributed by atoms with Crippen molar-refractivity contribution >= 4 is 30.6 Å². The van der Waals surface area contributed by atoms with Gasteiger partial charge < -0.3 is 5.32 Å². The number of hydrogen-bond donors (Lipinski definition) is 1. The molecule has 4 heteroatoms. The van der Waals surface area contributed by atoms with Crippen LogP contribution in [0.3, 0.4) is 0 Å². The van der Waals surface area contributed by atoms with Gasteiger partial charge in [0.25, 0.3) is 0 Å². The first-order chi connectivity index (χ1) is 17.5. The van der Waals surface area contributed by atoms with Gasteiger partial charge in [-0.3, -0.25) is 9.78 Å². The Morgan fingerprint density at radius 1 is 0.892 bits per heavy atom. The number of pyridine rings is 1. The van der Waals surface area contributed by atoms with Crippen molar-refractivity contribution in [2.75, 3.05) is 5.32 Å². The van der Waals surface area contributed by atoms with Crippen LogP contribution in [0.15, 0.2) is 54.7 Å². The molecule has 1 atom stereocenters. The Bertz CT molecular complexity index is 1270. The summed E-state index contributed by atoms with van der Waals surface area (Å²) in [4.78, 5) is 18.0. The zero-order valence-corrected chi connectivity index (χ0v) is 25.1. The van der Waals surface area contributed by atoms with E-state index >= 15 is 0 Å². The van der Waals surface area contributed by atoms with Crippen molar-refractivity contribution in [2.24, 2.45) is 5.92 Å². The maximum Gasteiger partial charge on any atom is 0.231 e. The third-order valence-electron chi connectivity index (χ3n) is 7.79. The van der Waals surface area contributed by atoms with Crippen LogP contribution in [0.1, 0.15) is 84.9 Å². The highest BCUT2D eigenvalue weighted by Crippen LogP contribution is 2.41. The minimum Gasteiger partial charge on any atom is -0.324 e. The lowest BCUT2D eigenvalue weighted by molar-refractivity contribution is -0.117. The van der Waals surface area contributed by atoms with Crippen LogP contribution in [0.5, 0.6) is 0 Å². The van der Waals surface area contributed by atoms with Gasteiger partial charge in [0.05, 0.1) is 17.1 Å². The summed E-state index contributed by atoms with van der Waals surface area (Å²) in [7, 11) is -1.91. The largest absolute Gasteiger partial charge is 0.324 e. The Kier molecular flexibility index (Phi) is 9.37. The number of rotatable bonds is 8. The fraction of sp³-hybridized carbons (Fsp3) is 0.455. The summed E-state index contributed by atoms with van der Waals surface area (Å²) in [6.07, 6.45) is 2.76. The van der Waals surface area contributed by atoms with Crippen molar-refractivity contribution < 1.29 is 4.79 Å². The van der Waals surface area contributed by atoms with E-state index in [-0.39, 0.29) is 11.8 Å². The molecule has 0 saturated heterocycles. The maximum absolute atomic E-state index is 13.5. The summed E-state index contributed by atoms with van der Waals surface area (Å²) in [6, 6.07) is 16.3. The van der Waals surface area contributed by atoms with Gasteiger partial charge >= 0.3 is 0 Å². The molecular weight excluding hydrogens is 468 g/mol. The van der Waals surface area contributed by atoms with Crippen LogP contribution in [0.25, 0.3) is 10.9 Å². The summed E-state index contributed by atoms with van der Waals surface area (Å²) in [5.41, 5.74) is 10.4. The monoisotopic (exact) mass is 512 g/mol. The van der Waals surface area contributed by atoms with Crippen LogP contribution in [0.2, 0.25) is 16.6 Å². The summed E-state index contributed by atoms with van der Waals surface area (Å²) >= 11 is 0. The summed E-state index contributed by atoms with van der Waals surface area (Å²) in [5, 5.41) is 4.15. The molecule has 0 radical (unpaired) electrons. The van der Waals surface area contributed by atoms with E-state index in [2.05, 4.69) is 95.4 Å². The number of benzene rings is 2. The third kappa shape index (κ3) is 6.33. The predicted molar refractivity (Wildman–Crippen MR) is 162 cm³/mol. The van der Waals surface area contributed by atoms with Crippen molar-refractivity contribution in [3.63, 3.8) is 0 Å². The Labute approximate surface area is 225 Å². The lowest BCUT2D eigenvalue weighted by Crippen LogP contribution is -2.43. The first-order valence-corrected chi connectivity index (χ1v) is 16.0. The van der Waals surface area contributed by atoms with E-state index in [1.54, 1.807) is 6.20 Å². The van der Waals surface area contributed by atoms with Gasteiger partial charge in [0.15, 0.2) is 0 Å². The predicted octanol–water partition coefficient (Wildman–Crippen LogP) is 8.75. The summed E-state index contributed by atoms with van der Waals surface area (Å²) < 4.78 is 0. The Balaban J connectivity index is 2.05. The van der Waals surface area contributed by atoms with Crippen molar-refractivity contribution in [3.8, 4) is 11.5 Å². The number of carbonyl (C=O) groups excluding carboxylic acids is 1. The van der Waals surface area contributed by atoms with E-state index in [0.717, 1.165) is 34.1 Å². The molecule has 1 heterocycles. The second-order valence-electron chi connectivity index (χ2n) is 11.8. The van der Waals surface area contributed by atoms with Gasteiger partial charge in [-0.1, -0.05) is 91.6 Å². The zero-order chi connectivity index (χ0) is 27.3. The Morgan fingerprint density at radius 3 is 2.16 bits per heavy atom. The lowest BCUT2D eigenvalue weighted by atomic mass is 9.91. The first-order valence-electron chi connectivity index (χ1n) is 13.8. The topological polar surface area (TPSA) is 42.0 Å². The molecule has 0 spiro atoms. The van der Waals surface area contributed by atoms with Gasteiger partial charge in [-0.2, -0.15) is 0 Å². The molecule has 196 valence electrons. The molecular formula is C33H44N2OSi. The summed E-state index contributed by atoms with van der Waals surface area (Å²) in [5.74, 6) is 3.83. The number of anilines is 1. The van der Waals surface area contributed by atoms with E-state index in [4.69, 9.17) is 0 Å². The van der Waals surface area contributed by atoms with E-state index in [1.165, 1.54) is 5.56 Å². The maximum atomic E-state index is 13.5. The molecule has 1 aromatic heterocycles. The second-order valence-corrected chi connectivity index (χ2v) is 17.3. The van der Waals surface area contributed by atoms with E-state index in [1.807, 2.05) is 37.3 Å². The van der Waals surface area contributed by atoms with Gasteiger partial charge in [0.1, 0.15) is 8.07 Å². The quantitative estimate of drug-likeness (QED) is 0.242. The minimum absolute atomic E-state index is 0.0436. The summed E-state index contributed by atoms with van der Waals surface area (Å²) in [6.45, 7) is 20.5. The van der Waals surface area contributed by atoms with Gasteiger partial charge in [-0.05, 0) is 65.2 Å². The molecule has 37 heavy (non-hydrogen) atoms. The molecule has 0 fully saturated rings. The fourth-order valence-electron chi connectivity index (χ4n) is 5.88. The highest BCUT2D eigenvalue weighted by Gasteiger charge is 2.41. The number of nitrogens with zero attached hydrogens (tertiary/aromatic N) is 1. The lowest BCUT2D eigenvalue weighted by Gasteiger charge is -2.38. The molecule has 2 aromatic carbocycles. The minimum atomic E-state index is -1.91. The zero-order valence-electron chi connectivity index (χ0n) is 24.1. The number of amides is 1. The molecule has 3 aromatic rings. The average Bonchev–Trinajstić information content (AvgIpc) is 2.83. The van der Waals surface area contributed by atoms with Crippen LogP contribution >= 0.6 is 0 Å². The van der Waals surface area contributed by atoms with E-state index in [9.17, 15) is 4.79 Å². The molecule has 0 aliphatic carbocycles. The Hall–Kier alpha value is -2.90. The molecule has 3 rings (SSSR count). The SMILES string of the molecule is CC(C)Cc1ccc(C(C)C(=O)Nc2cccc3cccnc23)c(C#C[Si](C(C)C)(C(C)C)C(C)C)c1. The standard InChI is InChI=1S/C33H44N2OSi/c1-22(2)20-27-15-16-30(29(21-27)17-19-37(23(3)4,24(5)6)25(7)8)26(9)33(36)35-31-14-10-12-28-13-11-18-34-32(28)31/h10-16,18,21-26H,20H2,1-9H3,(H,35,36). The molecule has 0 saturated carbocycles. The van der Waals surface area contributed by atoms with Crippen LogP contribution in [-0.2, 0) is 11.2 Å². The molecule has 1 unspecified atom stereocenters. The molecule has 3 nitrogen and oxygen atoms in total. The highest BCUT2D eigenvalue weighted by atomic mass is 28.3. The fourth-order valence-corrected chi connectivity index (χ4v) is 11.1. The number of fused-ring (bicyclic) bond motifs is 1. The smallest absolute Gasteiger partial charge is 0.231 e. The van der Waals surface area contributed by atoms with Crippen LogP contribution in [0.4, 0.5) is 5.69 Å². The van der Waals surface area contributed by atoms with Crippen molar-refractivity contribution in [2.45, 2.75) is 91.3 Å². The molecule has 0 bridgehead atoms. The molecule has 0 aliphatic heterocycles. The second kappa shape index (κ2) is 12.1. The van der Waals surface area contributed by atoms with Gasteiger partial charge in [0, 0.05) is 17.1 Å². The Morgan fingerprint density at radius 2 is 1.54 bits per heavy atom. The molecule has 1 amide bonds. The number of hydrogen-bond acceptors (Lipinski definition) is 2. The van der Waals surface area contributed by atoms with Crippen LogP contribution < -0.4 is 5.32 Å². The molecule has 1 N–H and O–H groups in total. The van der Waals surface area contributed by atoms with Gasteiger partial charge in [-0.25, -0.2) is 0 Å². The average molecular weight is 513 g/mol. The van der Waals surface area contributed by atoms with Crippen LogP contribution in [-0.4, -0.2) is 19.0 Å². The van der Waals surface area contributed by atoms with Gasteiger partial charge in [0.2, 0.25) is 5.91 Å². The number of nitrogens with one attached hydrogen (secondary N) is 1. The van der Waals surface area contributed by atoms with E-state index < -0.39 is 8.07 Å². The van der Waals surface area contributed by atoms with Gasteiger partial charge in [-0.15, -0.1) is 5.54 Å². The highest BCUT2D eigenvalue weighted by molar-refractivity contribution is 6.90.